The van der Waals surface area contributed by atoms with E-state index >= 15 is 0 Å². The Balaban J connectivity index is 2.36. The Morgan fingerprint density at radius 2 is 1.80 bits per heavy atom. The van der Waals surface area contributed by atoms with Crippen LogP contribution in [0.4, 0.5) is 11.4 Å². The van der Waals surface area contributed by atoms with Crippen LogP contribution < -0.4 is 16.2 Å². The number of rotatable bonds is 2. The predicted octanol–water partition coefficient (Wildman–Crippen LogP) is 1.04. The summed E-state index contributed by atoms with van der Waals surface area (Å²) in [5.41, 5.74) is 0.0983. The molecule has 2 aromatic rings. The lowest BCUT2D eigenvalue weighted by molar-refractivity contribution is 0.478. The highest BCUT2D eigenvalue weighted by Crippen LogP contribution is 2.25. The Labute approximate surface area is 85.5 Å². The molecule has 0 unspecified atom stereocenters. The summed E-state index contributed by atoms with van der Waals surface area (Å²) in [6, 6.07) is 6.54. The molecule has 4 heteroatoms. The molecule has 4 nitrogen and oxygen atoms in total. The summed E-state index contributed by atoms with van der Waals surface area (Å²) in [6.45, 7) is 1.58. The first-order valence-corrected chi connectivity index (χ1v) is 4.46. The molecule has 0 radical (unpaired) electrons. The molecule has 0 spiro atoms. The third-order valence-corrected chi connectivity index (χ3v) is 2.31. The molecule has 0 aromatic heterocycles. The lowest BCUT2D eigenvalue weighted by Crippen LogP contribution is -2.36. The zero-order chi connectivity index (χ0) is 11.0. The van der Waals surface area contributed by atoms with Crippen molar-refractivity contribution in [2.75, 3.05) is 5.32 Å². The first-order chi connectivity index (χ1) is 7.11. The van der Waals surface area contributed by atoms with Gasteiger partial charge in [0.15, 0.2) is 0 Å². The highest BCUT2D eigenvalue weighted by molar-refractivity contribution is 5.69. The van der Waals surface area contributed by atoms with Crippen molar-refractivity contribution in [1.82, 2.24) is 0 Å². The Bertz CT molecular complexity index is 579. The van der Waals surface area contributed by atoms with Crippen LogP contribution in [0.1, 0.15) is 5.56 Å². The summed E-state index contributed by atoms with van der Waals surface area (Å²) in [5, 5.41) is 12.2. The van der Waals surface area contributed by atoms with Gasteiger partial charge in [-0.15, -0.1) is 0 Å². The smallest absolute Gasteiger partial charge is 0.249 e. The summed E-state index contributed by atoms with van der Waals surface area (Å²) in [4.78, 5) is 22.1. The first-order valence-electron chi connectivity index (χ1n) is 4.46. The molecule has 0 aliphatic rings. The summed E-state index contributed by atoms with van der Waals surface area (Å²) >= 11 is 0. The fourth-order valence-corrected chi connectivity index (χ4v) is 1.37. The summed E-state index contributed by atoms with van der Waals surface area (Å²) in [7, 11) is 0. The van der Waals surface area contributed by atoms with Crippen LogP contribution in [0.15, 0.2) is 33.9 Å². The molecule has 2 rings (SSSR count). The van der Waals surface area contributed by atoms with Crippen molar-refractivity contribution >= 4 is 11.4 Å². The molecule has 0 saturated carbocycles. The quantitative estimate of drug-likeness (QED) is 0.565. The van der Waals surface area contributed by atoms with Gasteiger partial charge in [-0.2, -0.15) is 0 Å². The van der Waals surface area contributed by atoms with Gasteiger partial charge >= 0.3 is 0 Å². The third-order valence-electron chi connectivity index (χ3n) is 2.31. The molecular weight excluding hydrogens is 194 g/mol. The Kier molecular flexibility index (Phi) is 2.04. The molecule has 0 heterocycles. The molecule has 0 bridgehead atoms. The Morgan fingerprint density at radius 3 is 2.40 bits per heavy atom. The number of hydrogen-bond acceptors (Lipinski definition) is 4. The van der Waals surface area contributed by atoms with E-state index in [9.17, 15) is 14.7 Å². The van der Waals surface area contributed by atoms with Gasteiger partial charge in [0.25, 0.3) is 0 Å². The maximum Gasteiger partial charge on any atom is 0.249 e. The SMILES string of the molecule is Cc1c(Nc2ccccc2O)c(=O)c1=O. The van der Waals surface area contributed by atoms with Gasteiger partial charge in [-0.05, 0) is 19.1 Å². The number of anilines is 2. The topological polar surface area (TPSA) is 66.4 Å². The molecule has 0 atom stereocenters. The van der Waals surface area contributed by atoms with Crippen molar-refractivity contribution in [1.29, 1.82) is 0 Å². The van der Waals surface area contributed by atoms with Gasteiger partial charge in [-0.3, -0.25) is 9.59 Å². The molecule has 0 saturated heterocycles. The lowest BCUT2D eigenvalue weighted by Gasteiger charge is -2.10. The van der Waals surface area contributed by atoms with Crippen molar-refractivity contribution < 1.29 is 5.11 Å². The average Bonchev–Trinajstić information content (AvgIpc) is 2.26. The predicted molar refractivity (Wildman–Crippen MR) is 57.5 cm³/mol. The van der Waals surface area contributed by atoms with Gasteiger partial charge in [-0.1, -0.05) is 12.1 Å². The second kappa shape index (κ2) is 3.24. The lowest BCUT2D eigenvalue weighted by atomic mass is 10.1. The molecular formula is C11H9NO3. The van der Waals surface area contributed by atoms with Crippen molar-refractivity contribution in [3.8, 4) is 5.75 Å². The van der Waals surface area contributed by atoms with Crippen LogP contribution >= 0.6 is 0 Å². The second-order valence-corrected chi connectivity index (χ2v) is 3.30. The van der Waals surface area contributed by atoms with E-state index in [0.29, 0.717) is 11.3 Å². The maximum absolute atomic E-state index is 11.1. The number of para-hydroxylation sites is 2. The van der Waals surface area contributed by atoms with E-state index in [1.54, 1.807) is 25.1 Å². The normalized spacial score (nSPS) is 10.5. The minimum atomic E-state index is -0.532. The largest absolute Gasteiger partial charge is 0.506 e. The van der Waals surface area contributed by atoms with Gasteiger partial charge in [0, 0.05) is 5.56 Å². The second-order valence-electron chi connectivity index (χ2n) is 3.30. The highest BCUT2D eigenvalue weighted by Gasteiger charge is 2.17. The minimum absolute atomic E-state index is 0.0462. The number of phenols is 1. The average molecular weight is 203 g/mol. The third kappa shape index (κ3) is 1.40. The highest BCUT2D eigenvalue weighted by atomic mass is 16.3. The number of benzene rings is 1. The van der Waals surface area contributed by atoms with Crippen LogP contribution in [-0.4, -0.2) is 5.11 Å². The van der Waals surface area contributed by atoms with Crippen LogP contribution in [0.25, 0.3) is 0 Å². The number of hydrogen-bond donors (Lipinski definition) is 2. The fraction of sp³-hybridized carbons (Fsp3) is 0.0909. The molecule has 0 fully saturated rings. The zero-order valence-electron chi connectivity index (χ0n) is 8.07. The van der Waals surface area contributed by atoms with Gasteiger partial charge in [0.05, 0.1) is 11.4 Å². The van der Waals surface area contributed by atoms with E-state index in [1.807, 2.05) is 0 Å². The summed E-state index contributed by atoms with van der Waals surface area (Å²) < 4.78 is 0. The fourth-order valence-electron chi connectivity index (χ4n) is 1.37. The molecule has 2 aromatic carbocycles. The van der Waals surface area contributed by atoms with E-state index < -0.39 is 10.9 Å². The van der Waals surface area contributed by atoms with Crippen molar-refractivity contribution in [3.63, 3.8) is 0 Å². The Morgan fingerprint density at radius 1 is 1.13 bits per heavy atom. The van der Waals surface area contributed by atoms with E-state index in [-0.39, 0.29) is 11.4 Å². The van der Waals surface area contributed by atoms with Gasteiger partial charge < -0.3 is 10.4 Å². The van der Waals surface area contributed by atoms with E-state index in [0.717, 1.165) is 0 Å². The standard InChI is InChI=1S/C11H9NO3/c1-6-9(11(15)10(6)14)12-7-4-2-3-5-8(7)13/h2-5,12-13H,1H3. The first kappa shape index (κ1) is 9.45. The number of aromatic hydroxyl groups is 1. The van der Waals surface area contributed by atoms with Crippen LogP contribution in [0.3, 0.4) is 0 Å². The van der Waals surface area contributed by atoms with E-state index in [1.165, 1.54) is 6.07 Å². The number of phenolic OH excluding ortho intramolecular Hbond substituents is 1. The van der Waals surface area contributed by atoms with Gasteiger partial charge in [-0.25, -0.2) is 0 Å². The van der Waals surface area contributed by atoms with Crippen molar-refractivity contribution in [2.45, 2.75) is 6.92 Å². The minimum Gasteiger partial charge on any atom is -0.506 e. The monoisotopic (exact) mass is 203 g/mol. The van der Waals surface area contributed by atoms with Crippen LogP contribution in [0, 0.1) is 6.92 Å². The van der Waals surface area contributed by atoms with Crippen LogP contribution in [0.5, 0.6) is 5.75 Å². The van der Waals surface area contributed by atoms with Crippen LogP contribution in [-0.2, 0) is 0 Å². The maximum atomic E-state index is 11.1. The van der Waals surface area contributed by atoms with Crippen molar-refractivity contribution in [3.05, 3.63) is 50.3 Å². The van der Waals surface area contributed by atoms with Crippen LogP contribution in [0.2, 0.25) is 0 Å². The molecule has 15 heavy (non-hydrogen) atoms. The number of nitrogens with one attached hydrogen (secondary N) is 1. The molecule has 0 amide bonds. The van der Waals surface area contributed by atoms with Crippen molar-refractivity contribution in [2.24, 2.45) is 0 Å². The molecule has 0 aliphatic heterocycles. The summed E-state index contributed by atoms with van der Waals surface area (Å²) in [5.74, 6) is 0.0462. The van der Waals surface area contributed by atoms with Gasteiger partial charge in [0.2, 0.25) is 10.9 Å². The van der Waals surface area contributed by atoms with Gasteiger partial charge in [0.1, 0.15) is 5.75 Å². The molecule has 76 valence electrons. The molecule has 2 N–H and O–H groups in total. The Hall–Kier alpha value is -2.10. The van der Waals surface area contributed by atoms with E-state index in [4.69, 9.17) is 0 Å². The molecule has 0 aliphatic carbocycles. The van der Waals surface area contributed by atoms with E-state index in [2.05, 4.69) is 5.32 Å². The zero-order valence-corrected chi connectivity index (χ0v) is 8.07. The summed E-state index contributed by atoms with van der Waals surface area (Å²) in [6.07, 6.45) is 0.